The van der Waals surface area contributed by atoms with Crippen molar-refractivity contribution >= 4 is 23.2 Å². The van der Waals surface area contributed by atoms with Gasteiger partial charge in [-0.1, -0.05) is 72.8 Å². The maximum absolute atomic E-state index is 13.8. The van der Waals surface area contributed by atoms with E-state index in [0.29, 0.717) is 26.2 Å². The van der Waals surface area contributed by atoms with Crippen LogP contribution in [0.25, 0.3) is 0 Å². The van der Waals surface area contributed by atoms with E-state index in [1.165, 1.54) is 33.6 Å². The van der Waals surface area contributed by atoms with Gasteiger partial charge in [0.15, 0.2) is 0 Å². The Morgan fingerprint density at radius 2 is 0.878 bits per heavy atom. The molecule has 0 aliphatic carbocycles. The summed E-state index contributed by atoms with van der Waals surface area (Å²) in [6, 6.07) is 33.1. The van der Waals surface area contributed by atoms with Crippen molar-refractivity contribution < 1.29 is 14.3 Å². The first kappa shape index (κ1) is 34.3. The largest absolute Gasteiger partial charge is 0.368 e. The third-order valence-corrected chi connectivity index (χ3v) is 10.4. The summed E-state index contributed by atoms with van der Waals surface area (Å²) in [5.41, 5.74) is 9.45. The molecule has 7 heteroatoms. The topological polar surface area (TPSA) is 56.3 Å². The van der Waals surface area contributed by atoms with Gasteiger partial charge in [0.2, 0.25) is 11.8 Å². The number of carbonyl (C=O) groups is 2. The van der Waals surface area contributed by atoms with Crippen LogP contribution >= 0.6 is 0 Å². The highest BCUT2D eigenvalue weighted by atomic mass is 16.5. The van der Waals surface area contributed by atoms with E-state index < -0.39 is 12.2 Å². The second-order valence-corrected chi connectivity index (χ2v) is 13.6. The van der Waals surface area contributed by atoms with E-state index in [9.17, 15) is 9.59 Å². The van der Waals surface area contributed by atoms with Crippen LogP contribution in [0.4, 0.5) is 11.4 Å². The zero-order chi connectivity index (χ0) is 34.3. The maximum atomic E-state index is 13.8. The zero-order valence-electron chi connectivity index (χ0n) is 29.5. The highest BCUT2D eigenvalue weighted by Crippen LogP contribution is 2.33. The molecule has 2 saturated heterocycles. The molecule has 6 rings (SSSR count). The molecule has 0 N–H and O–H groups in total. The van der Waals surface area contributed by atoms with Gasteiger partial charge in [-0.15, -0.1) is 0 Å². The molecule has 49 heavy (non-hydrogen) atoms. The Bertz CT molecular complexity index is 1580. The van der Waals surface area contributed by atoms with Crippen LogP contribution in [0, 0.1) is 27.7 Å². The second-order valence-electron chi connectivity index (χ2n) is 13.6. The third-order valence-electron chi connectivity index (χ3n) is 10.4. The molecule has 0 spiro atoms. The Hall–Kier alpha value is -4.62. The third kappa shape index (κ3) is 8.52. The van der Waals surface area contributed by atoms with Gasteiger partial charge >= 0.3 is 0 Å². The Morgan fingerprint density at radius 3 is 1.22 bits per heavy atom. The number of ether oxygens (including phenoxy) is 1. The molecule has 4 aromatic rings. The van der Waals surface area contributed by atoms with E-state index in [1.807, 2.05) is 70.5 Å². The number of anilines is 2. The van der Waals surface area contributed by atoms with Crippen LogP contribution in [0.3, 0.4) is 0 Å². The first-order valence-electron chi connectivity index (χ1n) is 17.7. The monoisotopic (exact) mass is 658 g/mol. The minimum Gasteiger partial charge on any atom is -0.368 e. The molecule has 2 amide bonds. The molecule has 4 aromatic carbocycles. The van der Waals surface area contributed by atoms with Crippen molar-refractivity contribution in [2.24, 2.45) is 0 Å². The van der Waals surface area contributed by atoms with Crippen molar-refractivity contribution in [2.45, 2.75) is 52.7 Å². The molecule has 0 aromatic heterocycles. The summed E-state index contributed by atoms with van der Waals surface area (Å²) in [5, 5.41) is 0. The van der Waals surface area contributed by atoms with Crippen LogP contribution in [-0.2, 0) is 14.3 Å². The Kier molecular flexibility index (Phi) is 11.0. The van der Waals surface area contributed by atoms with Crippen molar-refractivity contribution in [3.63, 3.8) is 0 Å². The molecular weight excluding hydrogens is 608 g/mol. The lowest BCUT2D eigenvalue weighted by atomic mass is 10.0. The van der Waals surface area contributed by atoms with Gasteiger partial charge in [-0.3, -0.25) is 9.59 Å². The average Bonchev–Trinajstić information content (AvgIpc) is 3.14. The lowest BCUT2D eigenvalue weighted by Gasteiger charge is -2.38. The van der Waals surface area contributed by atoms with Gasteiger partial charge in [0.1, 0.15) is 0 Å². The Balaban J connectivity index is 1.12. The number of piperazine rings is 2. The van der Waals surface area contributed by atoms with Crippen molar-refractivity contribution in [3.8, 4) is 0 Å². The summed E-state index contributed by atoms with van der Waals surface area (Å²) in [6.45, 7) is 14.4. The number of hydrogen-bond donors (Lipinski definition) is 0. The van der Waals surface area contributed by atoms with Crippen LogP contribution in [0.2, 0.25) is 0 Å². The summed E-state index contributed by atoms with van der Waals surface area (Å²) < 4.78 is 6.86. The fourth-order valence-electron chi connectivity index (χ4n) is 6.87. The number of rotatable bonds is 10. The molecule has 2 fully saturated rings. The van der Waals surface area contributed by atoms with E-state index in [4.69, 9.17) is 4.74 Å². The SMILES string of the molecule is Cc1ccc(N2CCN(C(=O)CC(OC(CC(=O)N3CCN(c4ccc(C)c(C)c4)CC3)c3ccccc3)c3ccccc3)CC2)cc1C. The number of hydrogen-bond acceptors (Lipinski definition) is 5. The van der Waals surface area contributed by atoms with Gasteiger partial charge in [-0.25, -0.2) is 0 Å². The number of amides is 2. The second kappa shape index (κ2) is 15.7. The minimum absolute atomic E-state index is 0.0780. The average molecular weight is 659 g/mol. The summed E-state index contributed by atoms with van der Waals surface area (Å²) in [7, 11) is 0. The standard InChI is InChI=1S/C42H50N4O3/c1-31-15-17-37(27-33(31)3)43-19-23-45(24-20-43)41(47)29-39(35-11-7-5-8-12-35)49-40(36-13-9-6-10-14-36)30-42(48)46-25-21-44(22-26-46)38-18-16-32(2)34(4)28-38/h5-18,27-28,39-40H,19-26,29-30H2,1-4H3. The first-order valence-corrected chi connectivity index (χ1v) is 17.7. The summed E-state index contributed by atoms with van der Waals surface area (Å²) in [6.07, 6.45) is -0.517. The van der Waals surface area contributed by atoms with Crippen molar-refractivity contribution in [1.82, 2.24) is 9.80 Å². The van der Waals surface area contributed by atoms with Gasteiger partial charge in [0.25, 0.3) is 0 Å². The Labute approximate surface area is 292 Å². The molecule has 0 bridgehead atoms. The summed E-state index contributed by atoms with van der Waals surface area (Å²) in [5.74, 6) is 0.156. The minimum atomic E-state index is -0.480. The molecule has 2 atom stereocenters. The fourth-order valence-corrected chi connectivity index (χ4v) is 6.87. The molecule has 2 unspecified atom stereocenters. The van der Waals surface area contributed by atoms with E-state index in [2.05, 4.69) is 73.9 Å². The molecule has 256 valence electrons. The Morgan fingerprint density at radius 1 is 0.510 bits per heavy atom. The lowest BCUT2D eigenvalue weighted by Crippen LogP contribution is -2.49. The maximum Gasteiger partial charge on any atom is 0.225 e. The highest BCUT2D eigenvalue weighted by Gasteiger charge is 2.30. The summed E-state index contributed by atoms with van der Waals surface area (Å²) in [4.78, 5) is 36.3. The van der Waals surface area contributed by atoms with Gasteiger partial charge in [-0.2, -0.15) is 0 Å². The van der Waals surface area contributed by atoms with Gasteiger partial charge in [-0.05, 0) is 85.3 Å². The van der Waals surface area contributed by atoms with Crippen LogP contribution < -0.4 is 9.80 Å². The van der Waals surface area contributed by atoms with Crippen LogP contribution in [0.1, 0.15) is 58.4 Å². The predicted octanol–water partition coefficient (Wildman–Crippen LogP) is 7.20. The molecule has 2 aliphatic rings. The fraction of sp³-hybridized carbons (Fsp3) is 0.381. The molecule has 0 saturated carbocycles. The smallest absolute Gasteiger partial charge is 0.225 e. The normalized spacial score (nSPS) is 16.4. The van der Waals surface area contributed by atoms with Gasteiger partial charge < -0.3 is 24.3 Å². The molecule has 2 aliphatic heterocycles. The zero-order valence-corrected chi connectivity index (χ0v) is 29.5. The van der Waals surface area contributed by atoms with Crippen molar-refractivity contribution in [2.75, 3.05) is 62.2 Å². The first-order chi connectivity index (χ1) is 23.7. The van der Waals surface area contributed by atoms with Crippen molar-refractivity contribution in [3.05, 3.63) is 130 Å². The summed E-state index contributed by atoms with van der Waals surface area (Å²) >= 11 is 0. The van der Waals surface area contributed by atoms with Gasteiger partial charge in [0, 0.05) is 63.7 Å². The molecule has 2 heterocycles. The quantitative estimate of drug-likeness (QED) is 0.181. The van der Waals surface area contributed by atoms with E-state index in [0.717, 1.165) is 37.3 Å². The highest BCUT2D eigenvalue weighted by molar-refractivity contribution is 5.78. The van der Waals surface area contributed by atoms with Crippen LogP contribution in [0.5, 0.6) is 0 Å². The molecule has 0 radical (unpaired) electrons. The number of benzene rings is 4. The van der Waals surface area contributed by atoms with Crippen LogP contribution in [0.15, 0.2) is 97.1 Å². The number of carbonyl (C=O) groups excluding carboxylic acids is 2. The van der Waals surface area contributed by atoms with Crippen LogP contribution in [-0.4, -0.2) is 74.0 Å². The number of nitrogens with zero attached hydrogens (tertiary/aromatic N) is 4. The number of aryl methyl sites for hydroxylation is 4. The lowest BCUT2D eigenvalue weighted by molar-refractivity contribution is -0.139. The van der Waals surface area contributed by atoms with Crippen molar-refractivity contribution in [1.29, 1.82) is 0 Å². The van der Waals surface area contributed by atoms with E-state index in [-0.39, 0.29) is 24.7 Å². The molecule has 7 nitrogen and oxygen atoms in total. The van der Waals surface area contributed by atoms with E-state index >= 15 is 0 Å². The predicted molar refractivity (Wildman–Crippen MR) is 198 cm³/mol. The molecular formula is C42H50N4O3. The van der Waals surface area contributed by atoms with Gasteiger partial charge in [0.05, 0.1) is 25.0 Å². The van der Waals surface area contributed by atoms with E-state index in [1.54, 1.807) is 0 Å².